The number of pyridine rings is 2. The monoisotopic (exact) mass is 338 g/mol. The topological polar surface area (TPSA) is 95.7 Å². The van der Waals surface area contributed by atoms with Crippen molar-refractivity contribution in [1.29, 1.82) is 5.26 Å². The molecule has 0 fully saturated rings. The number of nitrogens with one attached hydrogen (secondary N) is 1. The number of rotatable bonds is 3. The second-order valence-electron chi connectivity index (χ2n) is 3.44. The van der Waals surface area contributed by atoms with Gasteiger partial charge in [0.2, 0.25) is 0 Å². The molecule has 0 aliphatic heterocycles. The van der Waals surface area contributed by atoms with Crippen LogP contribution in [0.1, 0.15) is 5.69 Å². The molecule has 0 aliphatic carbocycles. The van der Waals surface area contributed by atoms with Gasteiger partial charge in [0.1, 0.15) is 27.1 Å². The lowest BCUT2D eigenvalue weighted by Crippen LogP contribution is -2.14. The summed E-state index contributed by atoms with van der Waals surface area (Å²) in [5.41, 5.74) is 0.152. The van der Waals surface area contributed by atoms with Crippen LogP contribution in [0.25, 0.3) is 0 Å². The van der Waals surface area contributed by atoms with Crippen molar-refractivity contribution >= 4 is 31.8 Å². The largest absolute Gasteiger partial charge is 0.264 e. The van der Waals surface area contributed by atoms with E-state index in [0.717, 1.165) is 6.20 Å². The van der Waals surface area contributed by atoms with E-state index < -0.39 is 10.0 Å². The molecule has 2 heterocycles. The van der Waals surface area contributed by atoms with Gasteiger partial charge in [-0.2, -0.15) is 5.26 Å². The van der Waals surface area contributed by atoms with Gasteiger partial charge in [-0.25, -0.2) is 18.4 Å². The van der Waals surface area contributed by atoms with Gasteiger partial charge in [-0.05, 0) is 40.2 Å². The van der Waals surface area contributed by atoms with E-state index in [-0.39, 0.29) is 16.4 Å². The van der Waals surface area contributed by atoms with Crippen LogP contribution in [0.4, 0.5) is 5.82 Å². The lowest BCUT2D eigenvalue weighted by molar-refractivity contribution is 0.600. The number of hydrogen-bond acceptors (Lipinski definition) is 5. The highest BCUT2D eigenvalue weighted by Crippen LogP contribution is 2.15. The van der Waals surface area contributed by atoms with Crippen LogP contribution in [0.5, 0.6) is 0 Å². The molecule has 2 aromatic heterocycles. The molecule has 96 valence electrons. The lowest BCUT2D eigenvalue weighted by Gasteiger charge is -2.06. The third-order valence-electron chi connectivity index (χ3n) is 2.12. The molecule has 0 unspecified atom stereocenters. The number of nitrogens with zero attached hydrogens (tertiary/aromatic N) is 3. The molecule has 19 heavy (non-hydrogen) atoms. The number of nitriles is 1. The predicted molar refractivity (Wildman–Crippen MR) is 71.7 cm³/mol. The van der Waals surface area contributed by atoms with Crippen LogP contribution in [0.15, 0.2) is 46.0 Å². The first kappa shape index (κ1) is 13.5. The molecule has 2 rings (SSSR count). The van der Waals surface area contributed by atoms with Crippen LogP contribution in [0.3, 0.4) is 0 Å². The average Bonchev–Trinajstić information content (AvgIpc) is 2.38. The predicted octanol–water partition coefficient (Wildman–Crippen LogP) is 1.91. The number of aromatic nitrogens is 2. The van der Waals surface area contributed by atoms with E-state index in [1.165, 1.54) is 18.2 Å². The molecular weight excluding hydrogens is 332 g/mol. The Kier molecular flexibility index (Phi) is 3.78. The smallest absolute Gasteiger partial charge is 0.263 e. The van der Waals surface area contributed by atoms with Gasteiger partial charge in [0, 0.05) is 6.20 Å². The minimum Gasteiger partial charge on any atom is -0.263 e. The standard InChI is InChI=1S/C11H7BrN4O2S/c12-10-2-1-3-11(15-10)16-19(17,18)9-5-4-8(6-13)14-7-9/h1-5,7H,(H,15,16). The summed E-state index contributed by atoms with van der Waals surface area (Å²) in [6, 6.07) is 9.33. The Morgan fingerprint density at radius 2 is 2.05 bits per heavy atom. The second-order valence-corrected chi connectivity index (χ2v) is 5.94. The van der Waals surface area contributed by atoms with Crippen molar-refractivity contribution in [2.24, 2.45) is 0 Å². The van der Waals surface area contributed by atoms with Crippen LogP contribution >= 0.6 is 15.9 Å². The molecule has 1 N–H and O–H groups in total. The highest BCUT2D eigenvalue weighted by molar-refractivity contribution is 9.10. The van der Waals surface area contributed by atoms with Gasteiger partial charge < -0.3 is 0 Å². The Bertz CT molecular complexity index is 738. The SMILES string of the molecule is N#Cc1ccc(S(=O)(=O)Nc2cccc(Br)n2)cn1. The summed E-state index contributed by atoms with van der Waals surface area (Å²) in [6.07, 6.45) is 1.12. The minimum atomic E-state index is -3.76. The Labute approximate surface area is 118 Å². The van der Waals surface area contributed by atoms with E-state index in [1.54, 1.807) is 12.1 Å². The summed E-state index contributed by atoms with van der Waals surface area (Å²) in [7, 11) is -3.76. The molecule has 0 aromatic carbocycles. The van der Waals surface area contributed by atoms with Crippen LogP contribution in [0, 0.1) is 11.3 Å². The number of halogens is 1. The number of anilines is 1. The average molecular weight is 339 g/mol. The molecule has 0 saturated heterocycles. The maximum atomic E-state index is 12.0. The van der Waals surface area contributed by atoms with Gasteiger partial charge in [0.05, 0.1) is 0 Å². The van der Waals surface area contributed by atoms with Crippen molar-refractivity contribution in [3.8, 4) is 6.07 Å². The van der Waals surface area contributed by atoms with Crippen molar-refractivity contribution in [3.63, 3.8) is 0 Å². The first-order valence-corrected chi connectivity index (χ1v) is 7.30. The van der Waals surface area contributed by atoms with E-state index in [0.29, 0.717) is 4.60 Å². The van der Waals surface area contributed by atoms with E-state index in [4.69, 9.17) is 5.26 Å². The maximum absolute atomic E-state index is 12.0. The van der Waals surface area contributed by atoms with Crippen molar-refractivity contribution in [1.82, 2.24) is 9.97 Å². The lowest BCUT2D eigenvalue weighted by atomic mass is 10.4. The molecule has 0 aliphatic rings. The molecule has 0 amide bonds. The highest BCUT2D eigenvalue weighted by atomic mass is 79.9. The molecule has 0 bridgehead atoms. The minimum absolute atomic E-state index is 0.0340. The van der Waals surface area contributed by atoms with E-state index >= 15 is 0 Å². The van der Waals surface area contributed by atoms with Crippen molar-refractivity contribution in [3.05, 3.63) is 46.8 Å². The molecular formula is C11H7BrN4O2S. The van der Waals surface area contributed by atoms with Gasteiger partial charge in [-0.15, -0.1) is 0 Å². The molecule has 0 saturated carbocycles. The fourth-order valence-electron chi connectivity index (χ4n) is 1.27. The van der Waals surface area contributed by atoms with Crippen LogP contribution in [-0.2, 0) is 10.0 Å². The highest BCUT2D eigenvalue weighted by Gasteiger charge is 2.15. The Morgan fingerprint density at radius 1 is 1.26 bits per heavy atom. The summed E-state index contributed by atoms with van der Waals surface area (Å²) in [6.45, 7) is 0. The first-order valence-electron chi connectivity index (χ1n) is 5.03. The van der Waals surface area contributed by atoms with Crippen LogP contribution in [0.2, 0.25) is 0 Å². The zero-order valence-corrected chi connectivity index (χ0v) is 11.8. The molecule has 0 atom stereocenters. The molecule has 6 nitrogen and oxygen atoms in total. The van der Waals surface area contributed by atoms with Crippen LogP contribution < -0.4 is 4.72 Å². The summed E-state index contributed by atoms with van der Waals surface area (Å²) >= 11 is 3.15. The zero-order valence-electron chi connectivity index (χ0n) is 9.41. The Morgan fingerprint density at radius 3 is 2.63 bits per heavy atom. The Balaban J connectivity index is 2.30. The normalized spacial score (nSPS) is 10.7. The van der Waals surface area contributed by atoms with Gasteiger partial charge >= 0.3 is 0 Å². The third kappa shape index (κ3) is 3.27. The van der Waals surface area contributed by atoms with E-state index in [2.05, 4.69) is 30.6 Å². The summed E-state index contributed by atoms with van der Waals surface area (Å²) in [5.74, 6) is 0.193. The van der Waals surface area contributed by atoms with Crippen LogP contribution in [-0.4, -0.2) is 18.4 Å². The van der Waals surface area contributed by atoms with Gasteiger partial charge in [0.15, 0.2) is 0 Å². The fourth-order valence-corrected chi connectivity index (χ4v) is 2.56. The quantitative estimate of drug-likeness (QED) is 0.862. The molecule has 0 radical (unpaired) electrons. The summed E-state index contributed by atoms with van der Waals surface area (Å²) < 4.78 is 26.9. The molecule has 8 heteroatoms. The summed E-state index contributed by atoms with van der Waals surface area (Å²) in [5, 5.41) is 8.60. The third-order valence-corrected chi connectivity index (χ3v) is 3.90. The molecule has 0 spiro atoms. The van der Waals surface area contributed by atoms with Crippen molar-refractivity contribution < 1.29 is 8.42 Å². The van der Waals surface area contributed by atoms with E-state index in [9.17, 15) is 8.42 Å². The van der Waals surface area contributed by atoms with Gasteiger partial charge in [-0.3, -0.25) is 4.72 Å². The van der Waals surface area contributed by atoms with Crippen molar-refractivity contribution in [2.75, 3.05) is 4.72 Å². The van der Waals surface area contributed by atoms with E-state index in [1.807, 2.05) is 6.07 Å². The Hall–Kier alpha value is -1.98. The maximum Gasteiger partial charge on any atom is 0.264 e. The summed E-state index contributed by atoms with van der Waals surface area (Å²) in [4.78, 5) is 7.65. The zero-order chi connectivity index (χ0) is 13.9. The van der Waals surface area contributed by atoms with Gasteiger partial charge in [-0.1, -0.05) is 6.07 Å². The first-order chi connectivity index (χ1) is 9.01. The number of sulfonamides is 1. The molecule has 2 aromatic rings. The van der Waals surface area contributed by atoms with Gasteiger partial charge in [0.25, 0.3) is 10.0 Å². The van der Waals surface area contributed by atoms with Crippen molar-refractivity contribution in [2.45, 2.75) is 4.90 Å². The fraction of sp³-hybridized carbons (Fsp3) is 0. The second kappa shape index (κ2) is 5.34. The number of hydrogen-bond donors (Lipinski definition) is 1.